The minimum Gasteiger partial charge on any atom is -0.508 e. The number of piperidine rings is 1. The van der Waals surface area contributed by atoms with E-state index in [9.17, 15) is 5.11 Å². The number of hydrogen-bond donors (Lipinski definition) is 2. The number of likely N-dealkylation sites (tertiary alicyclic amines) is 1. The molecular formula is C19H29N3O. The fraction of sp³-hybridized carbons (Fsp3) is 0.632. The van der Waals surface area contributed by atoms with Crippen molar-refractivity contribution in [1.82, 2.24) is 4.90 Å². The van der Waals surface area contributed by atoms with Crippen LogP contribution in [0.1, 0.15) is 51.9 Å². The van der Waals surface area contributed by atoms with Crippen LogP contribution in [-0.2, 0) is 0 Å². The van der Waals surface area contributed by atoms with E-state index in [4.69, 9.17) is 4.99 Å². The van der Waals surface area contributed by atoms with Crippen LogP contribution < -0.4 is 5.32 Å². The average Bonchev–Trinajstić information content (AvgIpc) is 2.57. The van der Waals surface area contributed by atoms with Gasteiger partial charge in [-0.15, -0.1) is 0 Å². The molecule has 4 heteroatoms. The van der Waals surface area contributed by atoms with E-state index >= 15 is 0 Å². The number of nitrogens with zero attached hydrogens (tertiary/aromatic N) is 2. The number of aliphatic imine (C=N–C) groups is 1. The summed E-state index contributed by atoms with van der Waals surface area (Å²) in [6.07, 6.45) is 8.90. The molecule has 2 N–H and O–H groups in total. The van der Waals surface area contributed by atoms with E-state index in [1.54, 1.807) is 12.1 Å². The average molecular weight is 315 g/mol. The standard InChI is InChI=1S/C19H29N3O/c1-15-8-3-4-11-18(15)21-19(22-12-5-2-6-13-22)20-16-9-7-10-17(23)14-16/h7,9-10,14-15,18,23H,2-6,8,11-13H2,1H3,(H,20,21). The first kappa shape index (κ1) is 16.2. The van der Waals surface area contributed by atoms with Gasteiger partial charge in [0.25, 0.3) is 0 Å². The third-order valence-electron chi connectivity index (χ3n) is 5.11. The number of anilines is 1. The molecule has 0 radical (unpaired) electrons. The highest BCUT2D eigenvalue weighted by Crippen LogP contribution is 2.27. The Morgan fingerprint density at radius 3 is 2.65 bits per heavy atom. The maximum atomic E-state index is 9.71. The number of nitrogens with one attached hydrogen (secondary N) is 1. The van der Waals surface area contributed by atoms with Gasteiger partial charge in [-0.3, -0.25) is 0 Å². The molecule has 1 aromatic carbocycles. The summed E-state index contributed by atoms with van der Waals surface area (Å²) in [6, 6.07) is 7.75. The molecule has 3 rings (SSSR count). The van der Waals surface area contributed by atoms with Crippen LogP contribution >= 0.6 is 0 Å². The zero-order valence-corrected chi connectivity index (χ0v) is 14.2. The van der Waals surface area contributed by atoms with Crippen molar-refractivity contribution in [2.75, 3.05) is 18.4 Å². The maximum absolute atomic E-state index is 9.71. The molecule has 0 spiro atoms. The molecule has 0 amide bonds. The van der Waals surface area contributed by atoms with E-state index in [-0.39, 0.29) is 0 Å². The Balaban J connectivity index is 1.80. The van der Waals surface area contributed by atoms with Gasteiger partial charge in [0, 0.05) is 24.8 Å². The molecule has 0 bridgehead atoms. The van der Waals surface area contributed by atoms with Gasteiger partial charge >= 0.3 is 0 Å². The SMILES string of the molecule is CC1CCCCC1N=C(Nc1cccc(O)c1)N1CCCCC1. The molecular weight excluding hydrogens is 286 g/mol. The van der Waals surface area contributed by atoms with Crippen LogP contribution in [0.4, 0.5) is 5.69 Å². The maximum Gasteiger partial charge on any atom is 0.198 e. The Labute approximate surface area is 139 Å². The second-order valence-corrected chi connectivity index (χ2v) is 7.00. The Kier molecular flexibility index (Phi) is 5.42. The van der Waals surface area contributed by atoms with Gasteiger partial charge in [-0.1, -0.05) is 25.8 Å². The van der Waals surface area contributed by atoms with Crippen molar-refractivity contribution in [3.8, 4) is 5.75 Å². The second-order valence-electron chi connectivity index (χ2n) is 7.00. The first-order chi connectivity index (χ1) is 11.2. The largest absolute Gasteiger partial charge is 0.508 e. The molecule has 1 saturated carbocycles. The molecule has 23 heavy (non-hydrogen) atoms. The van der Waals surface area contributed by atoms with Crippen molar-refractivity contribution in [2.24, 2.45) is 10.9 Å². The van der Waals surface area contributed by atoms with Gasteiger partial charge in [0.05, 0.1) is 6.04 Å². The van der Waals surface area contributed by atoms with Gasteiger partial charge in [0.15, 0.2) is 5.96 Å². The van der Waals surface area contributed by atoms with Gasteiger partial charge in [0.1, 0.15) is 5.75 Å². The van der Waals surface area contributed by atoms with Gasteiger partial charge in [-0.2, -0.15) is 0 Å². The van der Waals surface area contributed by atoms with Crippen molar-refractivity contribution < 1.29 is 5.11 Å². The number of hydrogen-bond acceptors (Lipinski definition) is 2. The van der Waals surface area contributed by atoms with Gasteiger partial charge in [-0.25, -0.2) is 4.99 Å². The van der Waals surface area contributed by atoms with E-state index in [0.717, 1.165) is 24.7 Å². The first-order valence-electron chi connectivity index (χ1n) is 9.11. The number of benzene rings is 1. The summed E-state index contributed by atoms with van der Waals surface area (Å²) in [5, 5.41) is 13.2. The predicted octanol–water partition coefficient (Wildman–Crippen LogP) is 4.22. The molecule has 1 aromatic rings. The topological polar surface area (TPSA) is 47.9 Å². The smallest absolute Gasteiger partial charge is 0.198 e. The number of phenols is 1. The van der Waals surface area contributed by atoms with E-state index in [0.29, 0.717) is 17.7 Å². The minimum absolute atomic E-state index is 0.291. The van der Waals surface area contributed by atoms with Crippen molar-refractivity contribution in [2.45, 2.75) is 57.9 Å². The molecule has 2 unspecified atom stereocenters. The molecule has 4 nitrogen and oxygen atoms in total. The van der Waals surface area contributed by atoms with Crippen LogP contribution in [0.2, 0.25) is 0 Å². The summed E-state index contributed by atoms with van der Waals surface area (Å²) in [6.45, 7) is 4.48. The van der Waals surface area contributed by atoms with E-state index in [1.165, 1.54) is 44.9 Å². The zero-order chi connectivity index (χ0) is 16.1. The predicted molar refractivity (Wildman–Crippen MR) is 96.0 cm³/mol. The summed E-state index contributed by atoms with van der Waals surface area (Å²) in [4.78, 5) is 7.50. The minimum atomic E-state index is 0.291. The number of aromatic hydroxyl groups is 1. The quantitative estimate of drug-likeness (QED) is 0.634. The molecule has 126 valence electrons. The van der Waals surface area contributed by atoms with E-state index < -0.39 is 0 Å². The second kappa shape index (κ2) is 7.71. The summed E-state index contributed by atoms with van der Waals surface area (Å²) < 4.78 is 0. The van der Waals surface area contributed by atoms with Crippen LogP contribution in [0.5, 0.6) is 5.75 Å². The summed E-state index contributed by atoms with van der Waals surface area (Å²) >= 11 is 0. The zero-order valence-electron chi connectivity index (χ0n) is 14.2. The molecule has 1 saturated heterocycles. The fourth-order valence-electron chi connectivity index (χ4n) is 3.66. The van der Waals surface area contributed by atoms with Gasteiger partial charge in [0.2, 0.25) is 0 Å². The molecule has 2 atom stereocenters. The summed E-state index contributed by atoms with van der Waals surface area (Å²) in [5.41, 5.74) is 0.915. The van der Waals surface area contributed by atoms with Crippen LogP contribution in [-0.4, -0.2) is 35.1 Å². The highest BCUT2D eigenvalue weighted by Gasteiger charge is 2.23. The lowest BCUT2D eigenvalue weighted by Crippen LogP contribution is -2.41. The first-order valence-corrected chi connectivity index (χ1v) is 9.11. The Morgan fingerprint density at radius 2 is 1.91 bits per heavy atom. The highest BCUT2D eigenvalue weighted by molar-refractivity contribution is 5.94. The van der Waals surface area contributed by atoms with Crippen molar-refractivity contribution >= 4 is 11.6 Å². The van der Waals surface area contributed by atoms with Crippen molar-refractivity contribution in [1.29, 1.82) is 0 Å². The third-order valence-corrected chi connectivity index (χ3v) is 5.11. The summed E-state index contributed by atoms with van der Waals surface area (Å²) in [7, 11) is 0. The lowest BCUT2D eigenvalue weighted by molar-refractivity contribution is 0.314. The van der Waals surface area contributed by atoms with Crippen molar-refractivity contribution in [3.63, 3.8) is 0 Å². The third kappa shape index (κ3) is 4.40. The van der Waals surface area contributed by atoms with Crippen LogP contribution in [0.25, 0.3) is 0 Å². The Hall–Kier alpha value is -1.71. The van der Waals surface area contributed by atoms with Crippen LogP contribution in [0, 0.1) is 5.92 Å². The lowest BCUT2D eigenvalue weighted by Gasteiger charge is -2.33. The van der Waals surface area contributed by atoms with Crippen LogP contribution in [0.15, 0.2) is 29.3 Å². The normalized spacial score (nSPS) is 26.1. The van der Waals surface area contributed by atoms with Gasteiger partial charge < -0.3 is 15.3 Å². The monoisotopic (exact) mass is 315 g/mol. The fourth-order valence-corrected chi connectivity index (χ4v) is 3.66. The highest BCUT2D eigenvalue weighted by atomic mass is 16.3. The van der Waals surface area contributed by atoms with E-state index in [2.05, 4.69) is 17.1 Å². The number of phenolic OH excluding ortho intramolecular Hbond substituents is 1. The molecule has 2 fully saturated rings. The van der Waals surface area contributed by atoms with Gasteiger partial charge in [-0.05, 0) is 50.2 Å². The molecule has 1 heterocycles. The molecule has 1 aliphatic carbocycles. The van der Waals surface area contributed by atoms with Crippen LogP contribution in [0.3, 0.4) is 0 Å². The number of rotatable bonds is 2. The Bertz CT molecular complexity index is 537. The van der Waals surface area contributed by atoms with E-state index in [1.807, 2.05) is 12.1 Å². The molecule has 0 aromatic heterocycles. The summed E-state index contributed by atoms with van der Waals surface area (Å²) in [5.74, 6) is 1.95. The van der Waals surface area contributed by atoms with Crippen molar-refractivity contribution in [3.05, 3.63) is 24.3 Å². The molecule has 1 aliphatic heterocycles. The molecule has 2 aliphatic rings. The lowest BCUT2D eigenvalue weighted by atomic mass is 9.86. The Morgan fingerprint density at radius 1 is 1.13 bits per heavy atom. The number of guanidine groups is 1.